The van der Waals surface area contributed by atoms with Gasteiger partial charge in [0.2, 0.25) is 0 Å². The largest absolute Gasteiger partial charge is 0.481 e. The van der Waals surface area contributed by atoms with Crippen LogP contribution in [0, 0.1) is 5.92 Å². The number of carboxylic acids is 1. The Kier molecular flexibility index (Phi) is 9.78. The van der Waals surface area contributed by atoms with Gasteiger partial charge in [0.15, 0.2) is 0 Å². The number of carboxylic acid groups (broad SMARTS) is 1. The number of hydrogen-bond acceptors (Lipinski definition) is 1. The predicted molar refractivity (Wildman–Crippen MR) is 68.5 cm³/mol. The monoisotopic (exact) mass is 224 g/mol. The zero-order valence-electron chi connectivity index (χ0n) is 10.3. The molecule has 0 saturated heterocycles. The van der Waals surface area contributed by atoms with E-state index in [4.69, 9.17) is 5.11 Å². The molecule has 0 aliphatic heterocycles. The van der Waals surface area contributed by atoms with E-state index in [1.54, 1.807) is 0 Å². The third-order valence-electron chi connectivity index (χ3n) is 2.62. The minimum absolute atomic E-state index is 0.199. The van der Waals surface area contributed by atoms with E-state index in [9.17, 15) is 4.79 Å². The van der Waals surface area contributed by atoms with Crippen LogP contribution in [0.5, 0.6) is 0 Å². The number of hydrogen-bond donors (Lipinski definition) is 1. The summed E-state index contributed by atoms with van der Waals surface area (Å²) in [7, 11) is 0. The Morgan fingerprint density at radius 1 is 1.31 bits per heavy atom. The Hall–Kier alpha value is -1.05. The number of rotatable bonds is 10. The molecule has 0 aliphatic carbocycles. The summed E-state index contributed by atoms with van der Waals surface area (Å²) in [5.41, 5.74) is 0. The van der Waals surface area contributed by atoms with Crippen molar-refractivity contribution in [3.8, 4) is 0 Å². The zero-order valence-corrected chi connectivity index (χ0v) is 10.3. The molecule has 0 fully saturated rings. The summed E-state index contributed by atoms with van der Waals surface area (Å²) < 4.78 is 0. The van der Waals surface area contributed by atoms with E-state index in [0.29, 0.717) is 6.42 Å². The van der Waals surface area contributed by atoms with Crippen LogP contribution < -0.4 is 0 Å². The van der Waals surface area contributed by atoms with E-state index < -0.39 is 5.97 Å². The van der Waals surface area contributed by atoms with Gasteiger partial charge in [-0.05, 0) is 32.1 Å². The molecule has 0 bridgehead atoms. The highest BCUT2D eigenvalue weighted by Crippen LogP contribution is 2.14. The quantitative estimate of drug-likeness (QED) is 0.446. The van der Waals surface area contributed by atoms with Crippen molar-refractivity contribution in [2.75, 3.05) is 0 Å². The standard InChI is InChI=1S/C14H24O2/c1-3-5-7-8-9-10-12-13(14(15)16)11-6-4-2/h3,9-10,13H,1,4-8,11-12H2,2H3,(H,15,16). The van der Waals surface area contributed by atoms with Gasteiger partial charge in [0, 0.05) is 0 Å². The van der Waals surface area contributed by atoms with Gasteiger partial charge in [0.25, 0.3) is 0 Å². The van der Waals surface area contributed by atoms with Gasteiger partial charge in [-0.1, -0.05) is 38.0 Å². The normalized spacial score (nSPS) is 12.8. The van der Waals surface area contributed by atoms with Crippen LogP contribution in [-0.2, 0) is 4.79 Å². The molecule has 0 amide bonds. The van der Waals surface area contributed by atoms with Crippen LogP contribution in [0.25, 0.3) is 0 Å². The second-order valence-electron chi connectivity index (χ2n) is 4.10. The maximum atomic E-state index is 10.9. The second kappa shape index (κ2) is 10.5. The number of allylic oxidation sites excluding steroid dienone is 3. The van der Waals surface area contributed by atoms with Gasteiger partial charge in [-0.2, -0.15) is 0 Å². The second-order valence-corrected chi connectivity index (χ2v) is 4.10. The minimum Gasteiger partial charge on any atom is -0.481 e. The summed E-state index contributed by atoms with van der Waals surface area (Å²) in [6, 6.07) is 0. The van der Waals surface area contributed by atoms with E-state index in [1.165, 1.54) is 0 Å². The lowest BCUT2D eigenvalue weighted by atomic mass is 9.98. The van der Waals surface area contributed by atoms with Gasteiger partial charge in [0.05, 0.1) is 5.92 Å². The van der Waals surface area contributed by atoms with Crippen LogP contribution in [0.15, 0.2) is 24.8 Å². The Labute approximate surface area is 99.1 Å². The highest BCUT2D eigenvalue weighted by Gasteiger charge is 2.14. The van der Waals surface area contributed by atoms with E-state index in [0.717, 1.165) is 38.5 Å². The van der Waals surface area contributed by atoms with E-state index >= 15 is 0 Å². The van der Waals surface area contributed by atoms with E-state index in [1.807, 2.05) is 12.2 Å². The molecule has 0 aromatic rings. The molecule has 92 valence electrons. The average Bonchev–Trinajstić information content (AvgIpc) is 2.26. The van der Waals surface area contributed by atoms with Crippen molar-refractivity contribution in [1.29, 1.82) is 0 Å². The molecule has 16 heavy (non-hydrogen) atoms. The summed E-state index contributed by atoms with van der Waals surface area (Å²) >= 11 is 0. The average molecular weight is 224 g/mol. The van der Waals surface area contributed by atoms with E-state index in [2.05, 4.69) is 19.6 Å². The predicted octanol–water partition coefficient (Wildman–Crippen LogP) is 4.18. The summed E-state index contributed by atoms with van der Waals surface area (Å²) in [6.07, 6.45) is 12.7. The first-order valence-corrected chi connectivity index (χ1v) is 6.21. The third-order valence-corrected chi connectivity index (χ3v) is 2.62. The molecule has 2 heteroatoms. The number of aliphatic carboxylic acids is 1. The lowest BCUT2D eigenvalue weighted by Gasteiger charge is -2.08. The number of carbonyl (C=O) groups is 1. The van der Waals surface area contributed by atoms with Crippen molar-refractivity contribution in [2.24, 2.45) is 5.92 Å². The molecule has 0 aliphatic rings. The van der Waals surface area contributed by atoms with Crippen molar-refractivity contribution >= 4 is 5.97 Å². The third kappa shape index (κ3) is 8.27. The molecular formula is C14H24O2. The van der Waals surface area contributed by atoms with Crippen molar-refractivity contribution < 1.29 is 9.90 Å². The van der Waals surface area contributed by atoms with E-state index in [-0.39, 0.29) is 5.92 Å². The first-order chi connectivity index (χ1) is 7.72. The van der Waals surface area contributed by atoms with Gasteiger partial charge >= 0.3 is 5.97 Å². The van der Waals surface area contributed by atoms with Crippen LogP contribution in [0.2, 0.25) is 0 Å². The van der Waals surface area contributed by atoms with Crippen molar-refractivity contribution in [3.05, 3.63) is 24.8 Å². The van der Waals surface area contributed by atoms with Crippen molar-refractivity contribution in [3.63, 3.8) is 0 Å². The molecular weight excluding hydrogens is 200 g/mol. The van der Waals surface area contributed by atoms with Gasteiger partial charge in [0.1, 0.15) is 0 Å². The van der Waals surface area contributed by atoms with Crippen LogP contribution in [0.4, 0.5) is 0 Å². The molecule has 0 radical (unpaired) electrons. The lowest BCUT2D eigenvalue weighted by Crippen LogP contribution is -2.12. The highest BCUT2D eigenvalue weighted by atomic mass is 16.4. The topological polar surface area (TPSA) is 37.3 Å². The highest BCUT2D eigenvalue weighted by molar-refractivity contribution is 5.70. The molecule has 2 nitrogen and oxygen atoms in total. The molecule has 0 saturated carbocycles. The molecule has 1 N–H and O–H groups in total. The molecule has 1 atom stereocenters. The van der Waals surface area contributed by atoms with Crippen LogP contribution in [0.1, 0.15) is 51.9 Å². The minimum atomic E-state index is -0.663. The molecule has 0 spiro atoms. The molecule has 1 unspecified atom stereocenters. The van der Waals surface area contributed by atoms with Crippen LogP contribution in [0.3, 0.4) is 0 Å². The Bertz CT molecular complexity index is 219. The number of unbranched alkanes of at least 4 members (excludes halogenated alkanes) is 3. The summed E-state index contributed by atoms with van der Waals surface area (Å²) in [4.78, 5) is 10.9. The van der Waals surface area contributed by atoms with Gasteiger partial charge < -0.3 is 5.11 Å². The van der Waals surface area contributed by atoms with Crippen LogP contribution in [-0.4, -0.2) is 11.1 Å². The Morgan fingerprint density at radius 2 is 2.06 bits per heavy atom. The first-order valence-electron chi connectivity index (χ1n) is 6.21. The first kappa shape index (κ1) is 14.9. The maximum Gasteiger partial charge on any atom is 0.306 e. The SMILES string of the molecule is C=CCCCC=CCC(CCCC)C(=O)O. The molecule has 0 aromatic carbocycles. The smallest absolute Gasteiger partial charge is 0.306 e. The van der Waals surface area contributed by atoms with Gasteiger partial charge in [-0.15, -0.1) is 6.58 Å². The fourth-order valence-electron chi connectivity index (χ4n) is 1.55. The summed E-state index contributed by atoms with van der Waals surface area (Å²) in [5.74, 6) is -0.861. The molecule has 0 aromatic heterocycles. The van der Waals surface area contributed by atoms with Crippen LogP contribution >= 0.6 is 0 Å². The zero-order chi connectivity index (χ0) is 12.2. The van der Waals surface area contributed by atoms with Crippen molar-refractivity contribution in [1.82, 2.24) is 0 Å². The Morgan fingerprint density at radius 3 is 2.62 bits per heavy atom. The summed E-state index contributed by atoms with van der Waals surface area (Å²) in [6.45, 7) is 5.75. The Balaban J connectivity index is 3.73. The molecule has 0 heterocycles. The van der Waals surface area contributed by atoms with Gasteiger partial charge in [-0.3, -0.25) is 4.79 Å². The van der Waals surface area contributed by atoms with Crippen molar-refractivity contribution in [2.45, 2.75) is 51.9 Å². The van der Waals surface area contributed by atoms with Gasteiger partial charge in [-0.25, -0.2) is 0 Å². The fourth-order valence-corrected chi connectivity index (χ4v) is 1.55. The lowest BCUT2D eigenvalue weighted by molar-refractivity contribution is -0.141. The molecule has 0 rings (SSSR count). The maximum absolute atomic E-state index is 10.9. The fraction of sp³-hybridized carbons (Fsp3) is 0.643. The summed E-state index contributed by atoms with van der Waals surface area (Å²) in [5, 5.41) is 8.99.